The Balaban J connectivity index is 1.67. The molecule has 0 bridgehead atoms. The van der Waals surface area contributed by atoms with Gasteiger partial charge in [0.25, 0.3) is 0 Å². The lowest BCUT2D eigenvalue weighted by Crippen LogP contribution is -2.25. The van der Waals surface area contributed by atoms with E-state index in [0.717, 1.165) is 0 Å². The van der Waals surface area contributed by atoms with Crippen molar-refractivity contribution in [3.63, 3.8) is 0 Å². The Morgan fingerprint density at radius 3 is 2.89 bits per heavy atom. The van der Waals surface area contributed by atoms with Crippen LogP contribution in [-0.2, 0) is 33.6 Å². The molecule has 2 aromatic rings. The predicted molar refractivity (Wildman–Crippen MR) is 99.1 cm³/mol. The second-order valence-corrected chi connectivity index (χ2v) is 8.82. The maximum atomic E-state index is 11.6. The molecule has 1 aliphatic heterocycles. The van der Waals surface area contributed by atoms with E-state index in [1.807, 2.05) is 0 Å². The molecule has 3 rings (SSSR count). The lowest BCUT2D eigenvalue weighted by atomic mass is 10.2. The van der Waals surface area contributed by atoms with Crippen molar-refractivity contribution in [1.29, 1.82) is 0 Å². The number of nitrogens with two attached hydrogens (primary N) is 1. The summed E-state index contributed by atoms with van der Waals surface area (Å²) >= 11 is 0. The summed E-state index contributed by atoms with van der Waals surface area (Å²) in [5, 5.41) is 20.3. The van der Waals surface area contributed by atoms with E-state index in [2.05, 4.69) is 18.6 Å². The first-order valence-corrected chi connectivity index (χ1v) is 11.2. The highest BCUT2D eigenvalue weighted by Crippen LogP contribution is 2.43. The van der Waals surface area contributed by atoms with Crippen molar-refractivity contribution in [3.8, 4) is 0 Å². The van der Waals surface area contributed by atoms with Gasteiger partial charge >= 0.3 is 16.5 Å². The minimum atomic E-state index is -3.16. The Hall–Kier alpha value is -0.970. The number of nitrogens with zero attached hydrogens (tertiary/aromatic N) is 3. The van der Waals surface area contributed by atoms with E-state index >= 15 is 0 Å². The van der Waals surface area contributed by atoms with E-state index in [4.69, 9.17) is 19.9 Å². The summed E-state index contributed by atoms with van der Waals surface area (Å²) in [6, 6.07) is 0. The average molecular weight is 456 g/mol. The number of fused-ring (bicyclic) bond motifs is 1. The fraction of sp³-hybridized carbons (Fsp3) is 0.500. The van der Waals surface area contributed by atoms with Gasteiger partial charge in [0.1, 0.15) is 30.1 Å². The molecule has 0 saturated carbocycles. The molecule has 3 heterocycles. The minimum absolute atomic E-state index is 0.180. The Labute approximate surface area is 161 Å². The molecule has 6 atom stereocenters. The van der Waals surface area contributed by atoms with E-state index in [1.54, 1.807) is 10.8 Å². The number of anilines is 1. The topological polar surface area (TPSA) is 188 Å². The van der Waals surface area contributed by atoms with E-state index in [0.29, 0.717) is 16.6 Å². The molecule has 16 heteroatoms. The van der Waals surface area contributed by atoms with Gasteiger partial charge in [-0.25, -0.2) is 14.3 Å². The van der Waals surface area contributed by atoms with Crippen molar-refractivity contribution in [3.05, 3.63) is 18.1 Å². The Morgan fingerprint density at radius 2 is 2.18 bits per heavy atom. The third-order valence-corrected chi connectivity index (χ3v) is 6.83. The number of rotatable bonds is 9. The monoisotopic (exact) mass is 456 g/mol. The van der Waals surface area contributed by atoms with Gasteiger partial charge in [0, 0.05) is 18.2 Å². The Bertz CT molecular complexity index is 881. The van der Waals surface area contributed by atoms with Crippen molar-refractivity contribution in [2.24, 2.45) is 0 Å². The molecule has 0 spiro atoms. The van der Waals surface area contributed by atoms with E-state index in [1.165, 1.54) is 6.33 Å². The van der Waals surface area contributed by atoms with E-state index in [-0.39, 0.29) is 25.5 Å². The molecule has 0 aliphatic carbocycles. The molecule has 1 saturated heterocycles. The number of aliphatic hydroxyl groups is 2. The smallest absolute Gasteiger partial charge is 0.331 e. The highest BCUT2D eigenvalue weighted by Gasteiger charge is 2.36. The van der Waals surface area contributed by atoms with Crippen molar-refractivity contribution in [2.75, 3.05) is 12.3 Å². The summed E-state index contributed by atoms with van der Waals surface area (Å²) in [5.41, 5.74) is 6.81. The molecular weight excluding hydrogens is 437 g/mol. The van der Waals surface area contributed by atoms with Crippen molar-refractivity contribution in [1.82, 2.24) is 14.5 Å². The number of hydrogen-bond donors (Lipinski definition) is 4. The molecule has 0 amide bonds. The lowest BCUT2D eigenvalue weighted by molar-refractivity contribution is -0.0381. The summed E-state index contributed by atoms with van der Waals surface area (Å²) in [4.78, 5) is 16.5. The highest BCUT2D eigenvalue weighted by molar-refractivity contribution is 7.51. The molecule has 0 radical (unpaired) electrons. The van der Waals surface area contributed by atoms with Crippen LogP contribution in [0.4, 0.5) is 5.82 Å². The summed E-state index contributed by atoms with van der Waals surface area (Å²) in [5.74, 6) is 0.211. The number of aromatic nitrogens is 3. The SMILES string of the molecule is Nc1ncnc2c1c(CO)cn2[C@H]1C[C@@H](O)[C@@H](CO[PH](=O)O[PH](=O)OPO)O1. The van der Waals surface area contributed by atoms with Gasteiger partial charge in [-0.05, 0) is 0 Å². The first-order chi connectivity index (χ1) is 13.4. The second kappa shape index (κ2) is 9.69. The normalized spacial score (nSPS) is 25.0. The van der Waals surface area contributed by atoms with Crippen LogP contribution in [0.1, 0.15) is 18.2 Å². The van der Waals surface area contributed by atoms with Crippen molar-refractivity contribution < 1.29 is 42.1 Å². The number of aliphatic hydroxyl groups excluding tert-OH is 2. The summed E-state index contributed by atoms with van der Waals surface area (Å²) < 4.78 is 43.8. The molecule has 5 N–H and O–H groups in total. The molecular formula is C12H19N4O9P3. The minimum Gasteiger partial charge on any atom is -0.392 e. The van der Waals surface area contributed by atoms with Gasteiger partial charge in [0.2, 0.25) is 0 Å². The van der Waals surface area contributed by atoms with Crippen LogP contribution in [0.25, 0.3) is 11.0 Å². The standard InChI is InChI=1S/C12H19N4O9P3/c13-11-10-6(3-17)2-16(12(10)15-5-14-11)9-1-7(18)8(23-9)4-22-27(20)25-28(21)24-26-19/h2,5,7-9,17-19,26-28H,1,3-4H2,(H2,13,14,15)/t7-,8-,9-/m1/s1. The molecule has 28 heavy (non-hydrogen) atoms. The number of nitrogen functional groups attached to an aromatic ring is 1. The third kappa shape index (κ3) is 4.77. The fourth-order valence-corrected chi connectivity index (χ4v) is 4.79. The van der Waals surface area contributed by atoms with Crippen LogP contribution in [0.5, 0.6) is 0 Å². The first-order valence-electron chi connectivity index (χ1n) is 7.93. The van der Waals surface area contributed by atoms with Crippen molar-refractivity contribution in [2.45, 2.75) is 31.5 Å². The van der Waals surface area contributed by atoms with Gasteiger partial charge in [0.15, 0.2) is 9.03 Å². The van der Waals surface area contributed by atoms with Crippen molar-refractivity contribution >= 4 is 42.4 Å². The molecule has 0 aromatic carbocycles. The maximum Gasteiger partial charge on any atom is 0.331 e. The summed E-state index contributed by atoms with van der Waals surface area (Å²) in [6.07, 6.45) is 0.659. The average Bonchev–Trinajstić information content (AvgIpc) is 3.21. The second-order valence-electron chi connectivity index (χ2n) is 5.72. The number of hydrogen-bond acceptors (Lipinski definition) is 12. The van der Waals surface area contributed by atoms with Crippen LogP contribution in [0, 0.1) is 0 Å². The highest BCUT2D eigenvalue weighted by atomic mass is 31.2. The van der Waals surface area contributed by atoms with Crippen LogP contribution in [0.2, 0.25) is 0 Å². The Kier molecular flexibility index (Phi) is 7.52. The predicted octanol–water partition coefficient (Wildman–Crippen LogP) is 0.484. The quantitative estimate of drug-likeness (QED) is 0.383. The first kappa shape index (κ1) is 21.7. The Morgan fingerprint density at radius 1 is 1.39 bits per heavy atom. The van der Waals surface area contributed by atoms with Crippen LogP contribution >= 0.6 is 25.5 Å². The fourth-order valence-electron chi connectivity index (χ4n) is 2.87. The molecule has 13 nitrogen and oxygen atoms in total. The van der Waals surface area contributed by atoms with Gasteiger partial charge < -0.3 is 34.7 Å². The summed E-state index contributed by atoms with van der Waals surface area (Å²) in [6.45, 7) is -0.562. The number of ether oxygens (including phenoxy) is 1. The molecule has 156 valence electrons. The van der Waals surface area contributed by atoms with Crippen LogP contribution < -0.4 is 5.73 Å². The van der Waals surface area contributed by atoms with Gasteiger partial charge in [0.05, 0.1) is 24.7 Å². The van der Waals surface area contributed by atoms with Crippen LogP contribution in [-0.4, -0.2) is 48.5 Å². The third-order valence-electron chi connectivity index (χ3n) is 4.06. The van der Waals surface area contributed by atoms with E-state index in [9.17, 15) is 19.3 Å². The van der Waals surface area contributed by atoms with Crippen LogP contribution in [0.3, 0.4) is 0 Å². The van der Waals surface area contributed by atoms with Gasteiger partial charge in [-0.15, -0.1) is 0 Å². The van der Waals surface area contributed by atoms with Gasteiger partial charge in [-0.3, -0.25) is 13.4 Å². The van der Waals surface area contributed by atoms with Crippen LogP contribution in [0.15, 0.2) is 12.5 Å². The zero-order valence-corrected chi connectivity index (χ0v) is 17.2. The molecule has 1 aliphatic rings. The maximum absolute atomic E-state index is 11.6. The van der Waals surface area contributed by atoms with E-state index < -0.39 is 44.0 Å². The van der Waals surface area contributed by atoms with Gasteiger partial charge in [-0.2, -0.15) is 0 Å². The molecule has 2 aromatic heterocycles. The molecule has 1 fully saturated rings. The zero-order valence-electron chi connectivity index (χ0n) is 14.2. The molecule has 3 unspecified atom stereocenters. The largest absolute Gasteiger partial charge is 0.392 e. The lowest BCUT2D eigenvalue weighted by Gasteiger charge is -2.16. The zero-order chi connectivity index (χ0) is 20.3. The van der Waals surface area contributed by atoms with Gasteiger partial charge in [-0.1, -0.05) is 0 Å². The summed E-state index contributed by atoms with van der Waals surface area (Å²) in [7, 11) is -7.34.